The summed E-state index contributed by atoms with van der Waals surface area (Å²) in [6.07, 6.45) is 7.04. The number of likely N-dealkylation sites (tertiary alicyclic amines) is 1. The number of nitrogens with zero attached hydrogens (tertiary/aromatic N) is 7. The van der Waals surface area contributed by atoms with Gasteiger partial charge in [-0.3, -0.25) is 4.79 Å². The first-order valence-electron chi connectivity index (χ1n) is 10.9. The van der Waals surface area contributed by atoms with Crippen molar-refractivity contribution in [2.75, 3.05) is 18.4 Å². The smallest absolute Gasteiger partial charge is 0.226 e. The van der Waals surface area contributed by atoms with Crippen LogP contribution in [0.25, 0.3) is 22.6 Å². The van der Waals surface area contributed by atoms with Gasteiger partial charge in [-0.05, 0) is 32.1 Å². The van der Waals surface area contributed by atoms with Gasteiger partial charge in [-0.2, -0.15) is 0 Å². The molecule has 0 bridgehead atoms. The summed E-state index contributed by atoms with van der Waals surface area (Å²) in [7, 11) is 0. The molecule has 3 aromatic heterocycles. The number of nitrogens with one attached hydrogen (secondary N) is 1. The second-order valence-corrected chi connectivity index (χ2v) is 9.25. The summed E-state index contributed by atoms with van der Waals surface area (Å²) in [4.78, 5) is 37.2. The maximum atomic E-state index is 12.7. The van der Waals surface area contributed by atoms with Crippen molar-refractivity contribution in [1.82, 2.24) is 34.4 Å². The Balaban J connectivity index is 1.39. The lowest BCUT2D eigenvalue weighted by atomic mass is 10.1. The third-order valence-electron chi connectivity index (χ3n) is 6.54. The highest BCUT2D eigenvalue weighted by molar-refractivity contribution is 5.86. The van der Waals surface area contributed by atoms with Crippen LogP contribution in [0.15, 0.2) is 18.7 Å². The Labute approximate surface area is 181 Å². The van der Waals surface area contributed by atoms with Crippen LogP contribution in [0.1, 0.15) is 39.4 Å². The molecule has 1 aliphatic carbocycles. The molecule has 9 nitrogen and oxygen atoms in total. The fourth-order valence-corrected chi connectivity index (χ4v) is 4.45. The molecule has 9 heteroatoms. The lowest BCUT2D eigenvalue weighted by Gasteiger charge is -2.18. The van der Waals surface area contributed by atoms with Gasteiger partial charge in [0.15, 0.2) is 17.0 Å². The van der Waals surface area contributed by atoms with Gasteiger partial charge < -0.3 is 14.8 Å². The van der Waals surface area contributed by atoms with E-state index in [9.17, 15) is 4.79 Å². The number of hydrogen-bond acceptors (Lipinski definition) is 7. The summed E-state index contributed by atoms with van der Waals surface area (Å²) in [6, 6.07) is 0.154. The van der Waals surface area contributed by atoms with Gasteiger partial charge in [0.05, 0.1) is 5.56 Å². The highest BCUT2D eigenvalue weighted by atomic mass is 16.2. The third kappa shape index (κ3) is 3.51. The van der Waals surface area contributed by atoms with Gasteiger partial charge in [-0.15, -0.1) is 0 Å². The minimum absolute atomic E-state index is 0.154. The van der Waals surface area contributed by atoms with Gasteiger partial charge >= 0.3 is 0 Å². The molecule has 2 atom stereocenters. The normalized spacial score (nSPS) is 22.1. The molecule has 162 valence electrons. The molecule has 4 heterocycles. The standard InChI is InChI=1S/C22H28N8O/c1-5-30-19(14-9-23-13(2)24-10-14)28-17-18(25-12-26-20(17)30)27-15-6-7-29(11-15)21(31)16-8-22(16,3)4/h9-10,12,15-16H,5-8,11H2,1-4H3,(H,25,26,27)/t15-,16?/m0/s1. The molecule has 0 spiro atoms. The summed E-state index contributed by atoms with van der Waals surface area (Å²) in [6.45, 7) is 10.5. The van der Waals surface area contributed by atoms with Gasteiger partial charge in [-0.25, -0.2) is 24.9 Å². The maximum absolute atomic E-state index is 12.7. The summed E-state index contributed by atoms with van der Waals surface area (Å²) in [5, 5.41) is 3.52. The van der Waals surface area contributed by atoms with Gasteiger partial charge in [-0.1, -0.05) is 13.8 Å². The van der Waals surface area contributed by atoms with E-state index in [2.05, 4.69) is 50.6 Å². The predicted molar refractivity (Wildman–Crippen MR) is 117 cm³/mol. The van der Waals surface area contributed by atoms with Crippen molar-refractivity contribution in [3.8, 4) is 11.4 Å². The number of aromatic nitrogens is 6. The molecule has 3 aromatic rings. The van der Waals surface area contributed by atoms with E-state index >= 15 is 0 Å². The number of rotatable bonds is 5. The van der Waals surface area contributed by atoms with Crippen LogP contribution in [-0.2, 0) is 11.3 Å². The number of amides is 1. The van der Waals surface area contributed by atoms with Crippen molar-refractivity contribution in [1.29, 1.82) is 0 Å². The van der Waals surface area contributed by atoms with E-state index in [0.717, 1.165) is 54.3 Å². The quantitative estimate of drug-likeness (QED) is 0.677. The molecule has 1 amide bonds. The summed E-state index contributed by atoms with van der Waals surface area (Å²) >= 11 is 0. The maximum Gasteiger partial charge on any atom is 0.226 e. The van der Waals surface area contributed by atoms with Crippen molar-refractivity contribution < 1.29 is 4.79 Å². The van der Waals surface area contributed by atoms with Crippen molar-refractivity contribution in [3.05, 3.63) is 24.5 Å². The molecule has 0 radical (unpaired) electrons. The molecule has 5 rings (SSSR count). The topological polar surface area (TPSA) is 102 Å². The zero-order valence-electron chi connectivity index (χ0n) is 18.5. The van der Waals surface area contributed by atoms with Crippen molar-refractivity contribution in [2.45, 2.75) is 53.1 Å². The molecule has 0 aromatic carbocycles. The Kier molecular flexibility index (Phi) is 4.64. The molecule has 1 aliphatic heterocycles. The predicted octanol–water partition coefficient (Wildman–Crippen LogP) is 2.67. The van der Waals surface area contributed by atoms with Crippen LogP contribution in [-0.4, -0.2) is 59.4 Å². The molecular weight excluding hydrogens is 392 g/mol. The minimum Gasteiger partial charge on any atom is -0.364 e. The first-order chi connectivity index (χ1) is 14.9. The van der Waals surface area contributed by atoms with Crippen molar-refractivity contribution in [2.24, 2.45) is 11.3 Å². The first-order valence-corrected chi connectivity index (χ1v) is 10.9. The monoisotopic (exact) mass is 420 g/mol. The van der Waals surface area contributed by atoms with Crippen molar-refractivity contribution in [3.63, 3.8) is 0 Å². The van der Waals surface area contributed by atoms with E-state index in [-0.39, 0.29) is 17.4 Å². The highest BCUT2D eigenvalue weighted by Crippen LogP contribution is 2.52. The Bertz CT molecular complexity index is 1140. The second-order valence-electron chi connectivity index (χ2n) is 9.25. The number of imidazole rings is 1. The van der Waals surface area contributed by atoms with E-state index in [1.165, 1.54) is 0 Å². The van der Waals surface area contributed by atoms with Crippen LogP contribution in [0.3, 0.4) is 0 Å². The summed E-state index contributed by atoms with van der Waals surface area (Å²) in [5.74, 6) is 2.67. The third-order valence-corrected chi connectivity index (χ3v) is 6.54. The first kappa shape index (κ1) is 19.8. The van der Waals surface area contributed by atoms with Crippen molar-refractivity contribution >= 4 is 22.9 Å². The molecule has 1 saturated carbocycles. The van der Waals surface area contributed by atoms with E-state index < -0.39 is 0 Å². The minimum atomic E-state index is 0.154. The molecule has 31 heavy (non-hydrogen) atoms. The SMILES string of the molecule is CCn1c(-c2cnc(C)nc2)nc2c(N[C@H]3CCN(C(=O)C4CC4(C)C)C3)ncnc21. The zero-order chi connectivity index (χ0) is 21.8. The van der Waals surface area contributed by atoms with E-state index in [4.69, 9.17) is 4.98 Å². The summed E-state index contributed by atoms with van der Waals surface area (Å²) in [5.41, 5.74) is 2.51. The lowest BCUT2D eigenvalue weighted by Crippen LogP contribution is -2.33. The number of aryl methyl sites for hydroxylation is 2. The Hall–Kier alpha value is -3.10. The van der Waals surface area contributed by atoms with Crippen LogP contribution in [0.2, 0.25) is 0 Å². The van der Waals surface area contributed by atoms with Crippen LogP contribution in [0.5, 0.6) is 0 Å². The van der Waals surface area contributed by atoms with E-state index in [1.807, 2.05) is 11.8 Å². The molecule has 1 N–H and O–H groups in total. The number of carbonyl (C=O) groups is 1. The van der Waals surface area contributed by atoms with E-state index in [1.54, 1.807) is 18.7 Å². The molecule has 2 aliphatic rings. The number of anilines is 1. The lowest BCUT2D eigenvalue weighted by molar-refractivity contribution is -0.132. The Morgan fingerprint density at radius 2 is 1.97 bits per heavy atom. The molecular formula is C22H28N8O. The average molecular weight is 421 g/mol. The van der Waals surface area contributed by atoms with Crippen LogP contribution in [0, 0.1) is 18.3 Å². The fourth-order valence-electron chi connectivity index (χ4n) is 4.45. The Morgan fingerprint density at radius 3 is 2.65 bits per heavy atom. The van der Waals surface area contributed by atoms with Crippen LogP contribution in [0.4, 0.5) is 5.82 Å². The second kappa shape index (κ2) is 7.25. The average Bonchev–Trinajstić information content (AvgIpc) is 3.10. The Morgan fingerprint density at radius 1 is 1.23 bits per heavy atom. The number of carbonyl (C=O) groups excluding carboxylic acids is 1. The van der Waals surface area contributed by atoms with Crippen LogP contribution < -0.4 is 5.32 Å². The zero-order valence-corrected chi connectivity index (χ0v) is 18.5. The van der Waals surface area contributed by atoms with Gasteiger partial charge in [0, 0.05) is 44.0 Å². The fraction of sp³-hybridized carbons (Fsp3) is 0.545. The van der Waals surface area contributed by atoms with Crippen LogP contribution >= 0.6 is 0 Å². The number of hydrogen-bond donors (Lipinski definition) is 1. The molecule has 2 fully saturated rings. The summed E-state index contributed by atoms with van der Waals surface area (Å²) < 4.78 is 2.05. The number of fused-ring (bicyclic) bond motifs is 1. The van der Waals surface area contributed by atoms with E-state index in [0.29, 0.717) is 18.3 Å². The van der Waals surface area contributed by atoms with Gasteiger partial charge in [0.1, 0.15) is 18.0 Å². The molecule has 1 saturated heterocycles. The highest BCUT2D eigenvalue weighted by Gasteiger charge is 2.52. The molecule has 1 unspecified atom stereocenters. The van der Waals surface area contributed by atoms with Gasteiger partial charge in [0.2, 0.25) is 5.91 Å². The van der Waals surface area contributed by atoms with Gasteiger partial charge in [0.25, 0.3) is 0 Å². The largest absolute Gasteiger partial charge is 0.364 e.